The Morgan fingerprint density at radius 2 is 1.87 bits per heavy atom. The van der Waals surface area contributed by atoms with Gasteiger partial charge in [-0.15, -0.1) is 11.8 Å². The minimum absolute atomic E-state index is 0.718. The molecule has 1 aromatic rings. The van der Waals surface area contributed by atoms with Crippen LogP contribution in [0, 0.1) is 11.6 Å². The maximum atomic E-state index is 12.8. The highest BCUT2D eigenvalue weighted by molar-refractivity contribution is 7.99. The molecule has 2 N–H and O–H groups in total. The summed E-state index contributed by atoms with van der Waals surface area (Å²) in [6, 6.07) is 4.01. The zero-order chi connectivity index (χ0) is 11.1. The van der Waals surface area contributed by atoms with Crippen molar-refractivity contribution in [3.63, 3.8) is 0 Å². The normalized spacial score (nSPS) is 10.6. The van der Waals surface area contributed by atoms with Crippen LogP contribution in [-0.2, 0) is 0 Å². The third-order valence-electron chi connectivity index (χ3n) is 2.01. The Bertz CT molecular complexity index is 305. The summed E-state index contributed by atoms with van der Waals surface area (Å²) in [4.78, 5) is 0.779. The third-order valence-corrected chi connectivity index (χ3v) is 3.09. The lowest BCUT2D eigenvalue weighted by Crippen LogP contribution is -1.97. The summed E-state index contributed by atoms with van der Waals surface area (Å²) in [7, 11) is 0. The monoisotopic (exact) mass is 231 g/mol. The van der Waals surface area contributed by atoms with Gasteiger partial charge in [-0.1, -0.05) is 6.42 Å². The average Bonchev–Trinajstić information content (AvgIpc) is 2.23. The van der Waals surface area contributed by atoms with Gasteiger partial charge in [0.25, 0.3) is 0 Å². The minimum atomic E-state index is -0.789. The number of rotatable bonds is 6. The standard InChI is InChI=1S/C11H15F2NS/c12-10-5-4-9(8-11(10)13)15-7-3-1-2-6-14/h4-5,8H,1-3,6-7,14H2. The quantitative estimate of drug-likeness (QED) is 0.601. The number of thioether (sulfide) groups is 1. The number of halogens is 2. The summed E-state index contributed by atoms with van der Waals surface area (Å²) < 4.78 is 25.4. The lowest BCUT2D eigenvalue weighted by molar-refractivity contribution is 0.506. The van der Waals surface area contributed by atoms with E-state index in [-0.39, 0.29) is 0 Å². The lowest BCUT2D eigenvalue weighted by Gasteiger charge is -2.02. The van der Waals surface area contributed by atoms with Gasteiger partial charge in [-0.05, 0) is 43.3 Å². The second-order valence-corrected chi connectivity index (χ2v) is 4.44. The molecule has 15 heavy (non-hydrogen) atoms. The highest BCUT2D eigenvalue weighted by Gasteiger charge is 2.02. The average molecular weight is 231 g/mol. The Balaban J connectivity index is 2.28. The summed E-state index contributed by atoms with van der Waals surface area (Å²) in [6.07, 6.45) is 3.17. The summed E-state index contributed by atoms with van der Waals surface area (Å²) >= 11 is 1.55. The number of unbranched alkanes of at least 4 members (excludes halogenated alkanes) is 2. The first-order valence-electron chi connectivity index (χ1n) is 5.02. The van der Waals surface area contributed by atoms with E-state index < -0.39 is 11.6 Å². The first-order chi connectivity index (χ1) is 7.24. The molecule has 0 spiro atoms. The first-order valence-corrected chi connectivity index (χ1v) is 6.00. The molecule has 0 saturated heterocycles. The van der Waals surface area contributed by atoms with Gasteiger partial charge >= 0.3 is 0 Å². The van der Waals surface area contributed by atoms with Gasteiger partial charge < -0.3 is 5.73 Å². The highest BCUT2D eigenvalue weighted by Crippen LogP contribution is 2.21. The van der Waals surface area contributed by atoms with Crippen LogP contribution in [0.2, 0.25) is 0 Å². The van der Waals surface area contributed by atoms with Gasteiger partial charge in [-0.3, -0.25) is 0 Å². The van der Waals surface area contributed by atoms with Gasteiger partial charge in [-0.2, -0.15) is 0 Å². The molecular formula is C11H15F2NS. The number of benzene rings is 1. The second-order valence-electron chi connectivity index (χ2n) is 3.27. The van der Waals surface area contributed by atoms with Gasteiger partial charge in [0.15, 0.2) is 11.6 Å². The van der Waals surface area contributed by atoms with Crippen molar-refractivity contribution in [3.8, 4) is 0 Å². The molecule has 1 nitrogen and oxygen atoms in total. The van der Waals surface area contributed by atoms with E-state index in [1.165, 1.54) is 6.07 Å². The van der Waals surface area contributed by atoms with Crippen LogP contribution in [-0.4, -0.2) is 12.3 Å². The van der Waals surface area contributed by atoms with E-state index in [4.69, 9.17) is 5.73 Å². The summed E-state index contributed by atoms with van der Waals surface area (Å²) in [5.41, 5.74) is 5.36. The van der Waals surface area contributed by atoms with Crippen molar-refractivity contribution < 1.29 is 8.78 Å². The fourth-order valence-corrected chi connectivity index (χ4v) is 2.12. The molecule has 0 radical (unpaired) electrons. The Morgan fingerprint density at radius 1 is 1.07 bits per heavy atom. The molecule has 1 aromatic carbocycles. The van der Waals surface area contributed by atoms with Crippen molar-refractivity contribution in [2.24, 2.45) is 5.73 Å². The van der Waals surface area contributed by atoms with Crippen LogP contribution in [0.5, 0.6) is 0 Å². The smallest absolute Gasteiger partial charge is 0.159 e. The highest BCUT2D eigenvalue weighted by atomic mass is 32.2. The molecule has 0 bridgehead atoms. The number of hydrogen-bond acceptors (Lipinski definition) is 2. The van der Waals surface area contributed by atoms with Crippen molar-refractivity contribution in [1.29, 1.82) is 0 Å². The summed E-state index contributed by atoms with van der Waals surface area (Å²) in [6.45, 7) is 0.718. The molecule has 0 amide bonds. The molecule has 0 aliphatic rings. The molecule has 0 fully saturated rings. The van der Waals surface area contributed by atoms with E-state index in [2.05, 4.69) is 0 Å². The van der Waals surface area contributed by atoms with Gasteiger partial charge in [-0.25, -0.2) is 8.78 Å². The van der Waals surface area contributed by atoms with Crippen molar-refractivity contribution >= 4 is 11.8 Å². The van der Waals surface area contributed by atoms with Gasteiger partial charge in [0.2, 0.25) is 0 Å². The van der Waals surface area contributed by atoms with E-state index in [0.29, 0.717) is 0 Å². The van der Waals surface area contributed by atoms with Crippen LogP contribution < -0.4 is 5.73 Å². The van der Waals surface area contributed by atoms with Gasteiger partial charge in [0.1, 0.15) is 0 Å². The van der Waals surface area contributed by atoms with Crippen molar-refractivity contribution in [2.45, 2.75) is 24.2 Å². The third kappa shape index (κ3) is 4.62. The molecule has 0 atom stereocenters. The molecule has 0 saturated carbocycles. The summed E-state index contributed by atoms with van der Waals surface area (Å²) in [5, 5.41) is 0. The predicted octanol–water partition coefficient (Wildman–Crippen LogP) is 3.19. The molecule has 84 valence electrons. The number of nitrogens with two attached hydrogens (primary N) is 1. The lowest BCUT2D eigenvalue weighted by atomic mass is 10.2. The fraction of sp³-hybridized carbons (Fsp3) is 0.455. The molecule has 0 aromatic heterocycles. The maximum absolute atomic E-state index is 12.8. The van der Waals surface area contributed by atoms with Crippen LogP contribution in [0.25, 0.3) is 0 Å². The van der Waals surface area contributed by atoms with Gasteiger partial charge in [0.05, 0.1) is 0 Å². The Kier molecular flexibility index (Phi) is 5.65. The van der Waals surface area contributed by atoms with E-state index in [0.717, 1.165) is 42.5 Å². The molecular weight excluding hydrogens is 216 g/mol. The van der Waals surface area contributed by atoms with E-state index in [9.17, 15) is 8.78 Å². The molecule has 4 heteroatoms. The maximum Gasteiger partial charge on any atom is 0.159 e. The molecule has 0 aliphatic carbocycles. The largest absolute Gasteiger partial charge is 0.330 e. The van der Waals surface area contributed by atoms with Crippen LogP contribution in [0.1, 0.15) is 19.3 Å². The molecule has 0 heterocycles. The van der Waals surface area contributed by atoms with Crippen molar-refractivity contribution in [3.05, 3.63) is 29.8 Å². The zero-order valence-corrected chi connectivity index (χ0v) is 9.33. The Hall–Kier alpha value is -0.610. The van der Waals surface area contributed by atoms with Crippen molar-refractivity contribution in [2.75, 3.05) is 12.3 Å². The Labute approximate surface area is 93.1 Å². The topological polar surface area (TPSA) is 26.0 Å². The van der Waals surface area contributed by atoms with Gasteiger partial charge in [0, 0.05) is 4.90 Å². The fourth-order valence-electron chi connectivity index (χ4n) is 1.18. The predicted molar refractivity (Wildman–Crippen MR) is 60.0 cm³/mol. The summed E-state index contributed by atoms with van der Waals surface area (Å²) in [5.74, 6) is -0.644. The second kappa shape index (κ2) is 6.80. The zero-order valence-electron chi connectivity index (χ0n) is 8.51. The first kappa shape index (κ1) is 12.5. The van der Waals surface area contributed by atoms with E-state index >= 15 is 0 Å². The van der Waals surface area contributed by atoms with E-state index in [1.807, 2.05) is 0 Å². The van der Waals surface area contributed by atoms with E-state index in [1.54, 1.807) is 17.8 Å². The SMILES string of the molecule is NCCCCCSc1ccc(F)c(F)c1. The number of hydrogen-bond donors (Lipinski definition) is 1. The minimum Gasteiger partial charge on any atom is -0.330 e. The van der Waals surface area contributed by atoms with Crippen molar-refractivity contribution in [1.82, 2.24) is 0 Å². The van der Waals surface area contributed by atoms with Crippen LogP contribution in [0.4, 0.5) is 8.78 Å². The van der Waals surface area contributed by atoms with Crippen LogP contribution in [0.3, 0.4) is 0 Å². The molecule has 1 rings (SSSR count). The van der Waals surface area contributed by atoms with Crippen LogP contribution in [0.15, 0.2) is 23.1 Å². The molecule has 0 unspecified atom stereocenters. The Morgan fingerprint density at radius 3 is 2.53 bits per heavy atom. The molecule has 0 aliphatic heterocycles. The van der Waals surface area contributed by atoms with Crippen LogP contribution >= 0.6 is 11.8 Å².